The number of primary amides is 2. The third-order valence-electron chi connectivity index (χ3n) is 11.1. The summed E-state index contributed by atoms with van der Waals surface area (Å²) in [6, 6.07) is 9.03. The van der Waals surface area contributed by atoms with Crippen molar-refractivity contribution >= 4 is 76.7 Å². The quantitative estimate of drug-likeness (QED) is 0.0344. The third-order valence-corrected chi connectivity index (χ3v) is 11.7. The van der Waals surface area contributed by atoms with Crippen molar-refractivity contribution in [1.29, 1.82) is 0 Å². The number of hydrogen-bond acceptors (Lipinski definition) is 14. The van der Waals surface area contributed by atoms with Gasteiger partial charge in [0.05, 0.1) is 25.7 Å². The number of hydrogen-bond donors (Lipinski definition) is 9. The Hall–Kier alpha value is -6.88. The summed E-state index contributed by atoms with van der Waals surface area (Å²) in [6.45, 7) is -0.225. The number of benzene rings is 2. The fraction of sp³-hybridized carbons (Fsp3) is 0.477. The van der Waals surface area contributed by atoms with Gasteiger partial charge in [0.25, 0.3) is 5.78 Å². The average molecular weight is 951 g/mol. The van der Waals surface area contributed by atoms with Crippen LogP contribution in [0, 0.1) is 0 Å². The zero-order valence-corrected chi connectivity index (χ0v) is 38.1. The van der Waals surface area contributed by atoms with Crippen LogP contribution in [-0.4, -0.2) is 145 Å². The van der Waals surface area contributed by atoms with Gasteiger partial charge in [-0.3, -0.25) is 47.9 Å². The molecule has 1 aliphatic heterocycles. The molecule has 67 heavy (non-hydrogen) atoms. The van der Waals surface area contributed by atoms with Crippen LogP contribution < -0.4 is 49.1 Å². The maximum Gasteiger partial charge on any atom is 0.376 e. The van der Waals surface area contributed by atoms with Gasteiger partial charge in [-0.2, -0.15) is 11.8 Å². The monoisotopic (exact) mass is 950 g/mol. The first-order chi connectivity index (χ1) is 31.9. The van der Waals surface area contributed by atoms with Crippen LogP contribution in [0.5, 0.6) is 0 Å². The van der Waals surface area contributed by atoms with Gasteiger partial charge in [-0.05, 0) is 73.3 Å². The maximum absolute atomic E-state index is 13.3. The first-order valence-electron chi connectivity index (χ1n) is 21.6. The minimum Gasteiger partial charge on any atom is -0.459 e. The first-order valence-corrected chi connectivity index (χ1v) is 23.0. The third kappa shape index (κ3) is 15.3. The van der Waals surface area contributed by atoms with E-state index >= 15 is 0 Å². The number of ether oxygens (including phenoxy) is 1. The molecule has 2 aliphatic rings. The van der Waals surface area contributed by atoms with Crippen molar-refractivity contribution in [2.45, 2.75) is 88.0 Å². The summed E-state index contributed by atoms with van der Waals surface area (Å²) < 4.78 is 5.44. The zero-order valence-electron chi connectivity index (χ0n) is 37.3. The van der Waals surface area contributed by atoms with Crippen molar-refractivity contribution in [3.8, 4) is 11.1 Å². The van der Waals surface area contributed by atoms with E-state index in [-0.39, 0.29) is 51.2 Å². The molecule has 2 aromatic rings. The number of ketones is 1. The maximum atomic E-state index is 13.3. The van der Waals surface area contributed by atoms with Gasteiger partial charge < -0.3 is 58.7 Å². The fourth-order valence-corrected chi connectivity index (χ4v) is 8.10. The molecule has 23 heteroatoms. The molecule has 0 aromatic heterocycles. The van der Waals surface area contributed by atoms with E-state index in [0.29, 0.717) is 25.1 Å². The van der Waals surface area contributed by atoms with Crippen molar-refractivity contribution < 1.29 is 57.5 Å². The molecule has 0 radical (unpaired) electrons. The summed E-state index contributed by atoms with van der Waals surface area (Å²) in [5.41, 5.74) is 19.8. The van der Waals surface area contributed by atoms with Crippen LogP contribution in [0.1, 0.15) is 68.9 Å². The Labute approximate surface area is 390 Å². The molecule has 1 saturated heterocycles. The Kier molecular flexibility index (Phi) is 20.2. The molecular weight excluding hydrogens is 893 g/mol. The molecule has 0 unspecified atom stereocenters. The molecule has 2 aromatic carbocycles. The lowest BCUT2D eigenvalue weighted by atomic mass is 9.98. The molecule has 0 bridgehead atoms. The number of carbonyl (C=O) groups excluding carboxylic acids is 11. The minimum absolute atomic E-state index is 0.102. The van der Waals surface area contributed by atoms with Gasteiger partial charge in [-0.1, -0.05) is 48.5 Å². The van der Waals surface area contributed by atoms with Crippen LogP contribution >= 0.6 is 11.8 Å². The number of esters is 1. The predicted molar refractivity (Wildman–Crippen MR) is 243 cm³/mol. The van der Waals surface area contributed by atoms with E-state index in [1.54, 1.807) is 6.26 Å². The molecule has 1 aliphatic carbocycles. The highest BCUT2D eigenvalue weighted by Gasteiger charge is 2.36. The highest BCUT2D eigenvalue weighted by molar-refractivity contribution is 7.98. The highest BCUT2D eigenvalue weighted by Crippen LogP contribution is 2.44. The second-order valence-corrected chi connectivity index (χ2v) is 16.9. The topological polar surface area (TPSA) is 350 Å². The summed E-state index contributed by atoms with van der Waals surface area (Å²) in [7, 11) is 0. The molecular formula is C44H58N10O12S. The van der Waals surface area contributed by atoms with E-state index in [9.17, 15) is 52.7 Å². The molecule has 9 amide bonds. The van der Waals surface area contributed by atoms with Crippen LogP contribution in [-0.2, 0) is 57.5 Å². The van der Waals surface area contributed by atoms with Crippen LogP contribution in [0.4, 0.5) is 0 Å². The number of nitrogens with one attached hydrogen (secondary N) is 6. The van der Waals surface area contributed by atoms with Gasteiger partial charge in [-0.25, -0.2) is 4.79 Å². The Balaban J connectivity index is 1.28. The van der Waals surface area contributed by atoms with Gasteiger partial charge in [-0.15, -0.1) is 0 Å². The zero-order chi connectivity index (χ0) is 49.2. The van der Waals surface area contributed by atoms with Crippen LogP contribution in [0.15, 0.2) is 48.5 Å². The molecule has 4 rings (SSSR count). The lowest BCUT2D eigenvalue weighted by Crippen LogP contribution is -2.56. The number of amides is 9. The van der Waals surface area contributed by atoms with E-state index in [1.807, 2.05) is 48.5 Å². The van der Waals surface area contributed by atoms with Crippen molar-refractivity contribution in [2.75, 3.05) is 44.8 Å². The largest absolute Gasteiger partial charge is 0.459 e. The van der Waals surface area contributed by atoms with Crippen molar-refractivity contribution in [1.82, 2.24) is 36.8 Å². The summed E-state index contributed by atoms with van der Waals surface area (Å²) in [6.07, 6.45) is 1.54. The molecule has 1 fully saturated rings. The Morgan fingerprint density at radius 1 is 0.716 bits per heavy atom. The lowest BCUT2D eigenvalue weighted by molar-refractivity contribution is -0.155. The lowest BCUT2D eigenvalue weighted by Gasteiger charge is -2.26. The van der Waals surface area contributed by atoms with Gasteiger partial charge in [0.1, 0.15) is 30.8 Å². The highest BCUT2D eigenvalue weighted by atomic mass is 32.2. The fourth-order valence-electron chi connectivity index (χ4n) is 7.63. The number of rotatable bonds is 26. The van der Waals surface area contributed by atoms with Gasteiger partial charge >= 0.3 is 5.97 Å². The molecule has 5 atom stereocenters. The van der Waals surface area contributed by atoms with Gasteiger partial charge in [0.2, 0.25) is 53.2 Å². The standard InChI is InChI=1S/C44H58N10O12S/c1-24(50-42(63)32(17-19-67-2)52-37(58)22-49-41(62)31(14-16-35(47)56)53-43(64)33-12-7-18-54(33)38(59)20-45)40(61)48-21-36(57)51-30(13-15-34(46)55)39(60)44(65)66-23-29-27-10-5-3-8-25(27)26-9-4-6-11-28(26)29/h3-6,8-11,24,29-33H,7,12-23,45H2,1-2H3,(H2,46,55)(H2,47,56)(H,48,61)(H,49,62)(H,50,63)(H,51,57)(H,52,58)(H,53,64)/t24-,30-,31-,32-,33-/m0/s1. The first kappa shape index (κ1) is 52.7. The van der Waals surface area contributed by atoms with E-state index in [2.05, 4.69) is 31.9 Å². The Morgan fingerprint density at radius 2 is 1.25 bits per heavy atom. The summed E-state index contributed by atoms with van der Waals surface area (Å²) in [5, 5.41) is 14.5. The summed E-state index contributed by atoms with van der Waals surface area (Å²) in [5.74, 6) is -9.13. The molecule has 1 heterocycles. The number of fused-ring (bicyclic) bond motifs is 3. The second-order valence-electron chi connectivity index (χ2n) is 15.9. The SMILES string of the molecule is CSCC[C@H](NC(=O)CNC(=O)[C@H](CCC(N)=O)NC(=O)[C@@H]1CCCN1C(=O)CN)C(=O)N[C@@H](C)C(=O)NCC(=O)N[C@@H](CCC(N)=O)C(=O)C(=O)OCC1c2ccccc2-c2ccccc21. The number of Topliss-reactive ketones (excluding diaryl/α,β-unsaturated/α-hetero) is 1. The van der Waals surface area contributed by atoms with Crippen LogP contribution in [0.3, 0.4) is 0 Å². The van der Waals surface area contributed by atoms with Gasteiger partial charge in [0.15, 0.2) is 0 Å². The van der Waals surface area contributed by atoms with E-state index < -0.39 is 108 Å². The number of nitrogens with two attached hydrogens (primary N) is 3. The minimum atomic E-state index is -1.52. The number of nitrogens with zero attached hydrogens (tertiary/aromatic N) is 1. The van der Waals surface area contributed by atoms with Gasteiger partial charge in [0, 0.05) is 25.3 Å². The number of likely N-dealkylation sites (tertiary alicyclic amines) is 1. The smallest absolute Gasteiger partial charge is 0.376 e. The molecule has 22 nitrogen and oxygen atoms in total. The van der Waals surface area contributed by atoms with E-state index in [1.165, 1.54) is 23.6 Å². The number of carbonyl (C=O) groups is 11. The average Bonchev–Trinajstić information content (AvgIpc) is 3.93. The van der Waals surface area contributed by atoms with Crippen molar-refractivity contribution in [3.05, 3.63) is 59.7 Å². The van der Waals surface area contributed by atoms with Crippen molar-refractivity contribution in [2.24, 2.45) is 17.2 Å². The van der Waals surface area contributed by atoms with E-state index in [4.69, 9.17) is 21.9 Å². The molecule has 12 N–H and O–H groups in total. The van der Waals surface area contributed by atoms with E-state index in [0.717, 1.165) is 22.3 Å². The molecule has 0 spiro atoms. The summed E-state index contributed by atoms with van der Waals surface area (Å²) in [4.78, 5) is 142. The van der Waals surface area contributed by atoms with Crippen molar-refractivity contribution in [3.63, 3.8) is 0 Å². The van der Waals surface area contributed by atoms with Crippen LogP contribution in [0.2, 0.25) is 0 Å². The summed E-state index contributed by atoms with van der Waals surface area (Å²) >= 11 is 1.36. The predicted octanol–water partition coefficient (Wildman–Crippen LogP) is -2.66. The molecule has 362 valence electrons. The Bertz CT molecular complexity index is 2160. The number of thioether (sulfide) groups is 1. The van der Waals surface area contributed by atoms with Crippen LogP contribution in [0.25, 0.3) is 11.1 Å². The second kappa shape index (κ2) is 25.7. The Morgan fingerprint density at radius 3 is 1.82 bits per heavy atom. The normalized spacial score (nSPS) is 15.6. The molecule has 0 saturated carbocycles.